The molecule has 0 saturated carbocycles. The summed E-state index contributed by atoms with van der Waals surface area (Å²) in [5.74, 6) is -0.331. The molecule has 3 N–H and O–H groups in total. The van der Waals surface area contributed by atoms with Gasteiger partial charge in [0.05, 0.1) is 18.1 Å². The average molecular weight is 296 g/mol. The predicted molar refractivity (Wildman–Crippen MR) is 76.9 cm³/mol. The van der Waals surface area contributed by atoms with Crippen molar-refractivity contribution in [2.45, 2.75) is 0 Å². The normalized spacial score (nSPS) is 13.4. The summed E-state index contributed by atoms with van der Waals surface area (Å²) in [4.78, 5) is 15.9. The Labute approximate surface area is 117 Å². The molecule has 0 atom stereocenters. The molecule has 0 spiro atoms. The summed E-state index contributed by atoms with van der Waals surface area (Å²) in [5, 5.41) is 5.75. The van der Waals surface area contributed by atoms with E-state index in [1.54, 1.807) is 12.3 Å². The number of amides is 1. The standard InChI is InChI=1S/C12H16N4O3S/c1-20(18,19)16-6-5-14-12(17)10-7-9-3-2-4-13-11(9)8-15-10/h2-3,7-8,13,16H,4-6H2,1H3,(H,14,17). The first-order valence-electron chi connectivity index (χ1n) is 6.09. The van der Waals surface area contributed by atoms with Crippen LogP contribution in [0.5, 0.6) is 0 Å². The minimum atomic E-state index is -3.23. The number of sulfonamides is 1. The van der Waals surface area contributed by atoms with Gasteiger partial charge >= 0.3 is 0 Å². The highest BCUT2D eigenvalue weighted by atomic mass is 32.2. The zero-order chi connectivity index (χ0) is 14.6. The van der Waals surface area contributed by atoms with E-state index >= 15 is 0 Å². The van der Waals surface area contributed by atoms with Crippen LogP contribution in [0, 0.1) is 0 Å². The molecule has 0 bridgehead atoms. The minimum Gasteiger partial charge on any atom is -0.380 e. The fourth-order valence-electron chi connectivity index (χ4n) is 1.74. The Morgan fingerprint density at radius 2 is 2.25 bits per heavy atom. The molecule has 0 unspecified atom stereocenters. The maximum absolute atomic E-state index is 11.9. The summed E-state index contributed by atoms with van der Waals surface area (Å²) in [5.41, 5.74) is 2.10. The van der Waals surface area contributed by atoms with E-state index in [1.165, 1.54) is 0 Å². The van der Waals surface area contributed by atoms with E-state index in [1.807, 2.05) is 12.2 Å². The van der Waals surface area contributed by atoms with E-state index in [4.69, 9.17) is 0 Å². The van der Waals surface area contributed by atoms with Crippen molar-refractivity contribution in [1.29, 1.82) is 0 Å². The van der Waals surface area contributed by atoms with Gasteiger partial charge in [0.25, 0.3) is 5.91 Å². The van der Waals surface area contributed by atoms with Crippen molar-refractivity contribution in [3.63, 3.8) is 0 Å². The van der Waals surface area contributed by atoms with Crippen LogP contribution >= 0.6 is 0 Å². The van der Waals surface area contributed by atoms with Gasteiger partial charge in [-0.25, -0.2) is 18.1 Å². The number of aromatic nitrogens is 1. The van der Waals surface area contributed by atoms with Gasteiger partial charge in [-0.1, -0.05) is 12.2 Å². The number of anilines is 1. The van der Waals surface area contributed by atoms with E-state index in [2.05, 4.69) is 20.3 Å². The number of rotatable bonds is 5. The maximum atomic E-state index is 11.9. The summed E-state index contributed by atoms with van der Waals surface area (Å²) in [6.07, 6.45) is 6.57. The SMILES string of the molecule is CS(=O)(=O)NCCNC(=O)c1cc2c(cn1)NCC=C2. The third kappa shape index (κ3) is 4.04. The molecule has 0 radical (unpaired) electrons. The van der Waals surface area contributed by atoms with Crippen molar-refractivity contribution in [3.05, 3.63) is 29.6 Å². The van der Waals surface area contributed by atoms with Gasteiger partial charge in [0.2, 0.25) is 10.0 Å². The smallest absolute Gasteiger partial charge is 0.269 e. The van der Waals surface area contributed by atoms with Crippen molar-refractivity contribution in [1.82, 2.24) is 15.0 Å². The van der Waals surface area contributed by atoms with Gasteiger partial charge in [-0.15, -0.1) is 0 Å². The van der Waals surface area contributed by atoms with Crippen molar-refractivity contribution in [2.24, 2.45) is 0 Å². The fourth-order valence-corrected chi connectivity index (χ4v) is 2.21. The molecule has 1 aromatic heterocycles. The summed E-state index contributed by atoms with van der Waals surface area (Å²) in [7, 11) is -3.23. The lowest BCUT2D eigenvalue weighted by Crippen LogP contribution is -2.34. The predicted octanol–water partition coefficient (Wildman–Crippen LogP) is -0.201. The molecule has 1 aliphatic heterocycles. The van der Waals surface area contributed by atoms with E-state index in [0.29, 0.717) is 5.69 Å². The minimum absolute atomic E-state index is 0.150. The number of fused-ring (bicyclic) bond motifs is 1. The van der Waals surface area contributed by atoms with Crippen LogP contribution in [0.15, 0.2) is 18.3 Å². The second-order valence-corrected chi connectivity index (χ2v) is 6.20. The second kappa shape index (κ2) is 6.02. The molecule has 108 valence electrons. The van der Waals surface area contributed by atoms with Gasteiger partial charge in [0, 0.05) is 25.2 Å². The van der Waals surface area contributed by atoms with Crippen LogP contribution in [0.25, 0.3) is 6.08 Å². The lowest BCUT2D eigenvalue weighted by Gasteiger charge is -2.13. The van der Waals surface area contributed by atoms with Gasteiger partial charge in [0.1, 0.15) is 5.69 Å². The number of nitrogens with one attached hydrogen (secondary N) is 3. The fraction of sp³-hybridized carbons (Fsp3) is 0.333. The molecule has 7 nitrogen and oxygen atoms in total. The number of hydrogen-bond acceptors (Lipinski definition) is 5. The Morgan fingerprint density at radius 1 is 1.45 bits per heavy atom. The van der Waals surface area contributed by atoms with E-state index in [-0.39, 0.29) is 19.0 Å². The zero-order valence-corrected chi connectivity index (χ0v) is 11.8. The van der Waals surface area contributed by atoms with Gasteiger partial charge in [0.15, 0.2) is 0 Å². The first-order chi connectivity index (χ1) is 9.46. The van der Waals surface area contributed by atoms with Crippen molar-refractivity contribution in [2.75, 3.05) is 31.2 Å². The van der Waals surface area contributed by atoms with Crippen molar-refractivity contribution in [3.8, 4) is 0 Å². The largest absolute Gasteiger partial charge is 0.380 e. The molecule has 8 heteroatoms. The van der Waals surface area contributed by atoms with E-state index in [0.717, 1.165) is 24.1 Å². The number of carbonyl (C=O) groups is 1. The molecule has 0 fully saturated rings. The average Bonchev–Trinajstić information content (AvgIpc) is 2.42. The first kappa shape index (κ1) is 14.5. The molecule has 0 aromatic carbocycles. The van der Waals surface area contributed by atoms with E-state index < -0.39 is 10.0 Å². The topological polar surface area (TPSA) is 100 Å². The number of hydrogen-bond donors (Lipinski definition) is 3. The number of carbonyl (C=O) groups excluding carboxylic acids is 1. The molecule has 0 aliphatic carbocycles. The molecule has 2 heterocycles. The van der Waals surface area contributed by atoms with Gasteiger partial charge in [-0.05, 0) is 6.07 Å². The lowest BCUT2D eigenvalue weighted by molar-refractivity contribution is 0.0949. The quantitative estimate of drug-likeness (QED) is 0.653. The Hall–Kier alpha value is -1.93. The molecule has 0 saturated heterocycles. The van der Waals surface area contributed by atoms with Crippen LogP contribution in [-0.2, 0) is 10.0 Å². The van der Waals surface area contributed by atoms with Crippen LogP contribution in [0.1, 0.15) is 16.1 Å². The van der Waals surface area contributed by atoms with Crippen LogP contribution in [-0.4, -0.2) is 45.2 Å². The molecular weight excluding hydrogens is 280 g/mol. The Bertz CT molecular complexity index is 640. The van der Waals surface area contributed by atoms with Gasteiger partial charge in [-0.2, -0.15) is 0 Å². The monoisotopic (exact) mass is 296 g/mol. The summed E-state index contributed by atoms with van der Waals surface area (Å²) >= 11 is 0. The molecule has 2 rings (SSSR count). The second-order valence-electron chi connectivity index (χ2n) is 4.36. The van der Waals surface area contributed by atoms with Gasteiger partial charge in [-0.3, -0.25) is 4.79 Å². The Balaban J connectivity index is 1.92. The molecule has 20 heavy (non-hydrogen) atoms. The maximum Gasteiger partial charge on any atom is 0.269 e. The van der Waals surface area contributed by atoms with Crippen molar-refractivity contribution < 1.29 is 13.2 Å². The Morgan fingerprint density at radius 3 is 3.00 bits per heavy atom. The third-order valence-corrected chi connectivity index (χ3v) is 3.38. The zero-order valence-electron chi connectivity index (χ0n) is 11.0. The molecule has 1 aliphatic rings. The van der Waals surface area contributed by atoms with Crippen LogP contribution in [0.4, 0.5) is 5.69 Å². The molecule has 1 amide bonds. The first-order valence-corrected chi connectivity index (χ1v) is 7.98. The van der Waals surface area contributed by atoms with Crippen LogP contribution < -0.4 is 15.4 Å². The lowest BCUT2D eigenvalue weighted by atomic mass is 10.1. The Kier molecular flexibility index (Phi) is 4.35. The van der Waals surface area contributed by atoms with Crippen LogP contribution in [0.2, 0.25) is 0 Å². The van der Waals surface area contributed by atoms with Crippen molar-refractivity contribution >= 4 is 27.7 Å². The van der Waals surface area contributed by atoms with E-state index in [9.17, 15) is 13.2 Å². The third-order valence-electron chi connectivity index (χ3n) is 2.65. The number of nitrogens with zero attached hydrogens (tertiary/aromatic N) is 1. The van der Waals surface area contributed by atoms with Gasteiger partial charge < -0.3 is 10.6 Å². The highest BCUT2D eigenvalue weighted by Gasteiger charge is 2.11. The highest BCUT2D eigenvalue weighted by molar-refractivity contribution is 7.88. The molecule has 1 aromatic rings. The summed E-state index contributed by atoms with van der Waals surface area (Å²) in [6.45, 7) is 1.10. The summed E-state index contributed by atoms with van der Waals surface area (Å²) < 4.78 is 24.0. The molecular formula is C12H16N4O3S. The summed E-state index contributed by atoms with van der Waals surface area (Å²) in [6, 6.07) is 1.69. The highest BCUT2D eigenvalue weighted by Crippen LogP contribution is 2.19. The van der Waals surface area contributed by atoms with Crippen LogP contribution in [0.3, 0.4) is 0 Å². The number of pyridine rings is 1.